The van der Waals surface area contributed by atoms with Gasteiger partial charge in [0, 0.05) is 38.2 Å². The van der Waals surface area contributed by atoms with Gasteiger partial charge in [-0.2, -0.15) is 0 Å². The van der Waals surface area contributed by atoms with Crippen LogP contribution in [-0.4, -0.2) is 44.8 Å². The summed E-state index contributed by atoms with van der Waals surface area (Å²) in [5.41, 5.74) is 0.687. The van der Waals surface area contributed by atoms with Gasteiger partial charge in [-0.15, -0.1) is 0 Å². The Morgan fingerprint density at radius 2 is 1.85 bits per heavy atom. The second kappa shape index (κ2) is 10.8. The number of ether oxygens (including phenoxy) is 1. The highest BCUT2D eigenvalue weighted by atomic mass is 16.5. The molecule has 1 aromatic carbocycles. The van der Waals surface area contributed by atoms with Crippen LogP contribution in [0.2, 0.25) is 0 Å². The lowest BCUT2D eigenvalue weighted by Crippen LogP contribution is -2.44. The van der Waals surface area contributed by atoms with Crippen molar-refractivity contribution >= 4 is 11.9 Å². The monoisotopic (exact) mass is 361 g/mol. The molecule has 3 N–H and O–H groups in total. The first-order valence-corrected chi connectivity index (χ1v) is 9.51. The van der Waals surface area contributed by atoms with Gasteiger partial charge in [-0.1, -0.05) is 25.1 Å². The number of urea groups is 1. The average molecular weight is 361 g/mol. The highest BCUT2D eigenvalue weighted by molar-refractivity contribution is 5.94. The molecule has 0 radical (unpaired) electrons. The summed E-state index contributed by atoms with van der Waals surface area (Å²) in [5.74, 6) is 0.683. The lowest BCUT2D eigenvalue weighted by molar-refractivity contribution is 0.00618. The Labute approximate surface area is 156 Å². The number of benzene rings is 1. The fraction of sp³-hybridized carbons (Fsp3) is 0.600. The summed E-state index contributed by atoms with van der Waals surface area (Å²) in [4.78, 5) is 23.9. The summed E-state index contributed by atoms with van der Waals surface area (Å²) in [6.07, 6.45) is 3.94. The van der Waals surface area contributed by atoms with Crippen molar-refractivity contribution in [3.63, 3.8) is 0 Å². The van der Waals surface area contributed by atoms with Crippen LogP contribution < -0.4 is 16.0 Å². The molecular formula is C20H31N3O3. The fourth-order valence-electron chi connectivity index (χ4n) is 3.44. The molecule has 26 heavy (non-hydrogen) atoms. The van der Waals surface area contributed by atoms with E-state index in [9.17, 15) is 9.59 Å². The zero-order chi connectivity index (χ0) is 18.8. The summed E-state index contributed by atoms with van der Waals surface area (Å²) >= 11 is 0. The van der Waals surface area contributed by atoms with Gasteiger partial charge in [0.15, 0.2) is 0 Å². The van der Waals surface area contributed by atoms with Gasteiger partial charge in [0.2, 0.25) is 0 Å². The molecule has 0 bridgehead atoms. The number of nitrogens with one attached hydrogen (secondary N) is 3. The minimum absolute atomic E-state index is 0.0315. The predicted octanol–water partition coefficient (Wildman–Crippen LogP) is 2.56. The second-order valence-electron chi connectivity index (χ2n) is 6.93. The van der Waals surface area contributed by atoms with Gasteiger partial charge in [-0.25, -0.2) is 4.79 Å². The normalized spacial score (nSPS) is 22.5. The van der Waals surface area contributed by atoms with E-state index in [0.717, 1.165) is 25.7 Å². The van der Waals surface area contributed by atoms with E-state index in [1.54, 1.807) is 7.11 Å². The SMILES string of the molecule is CCCNC(=O)NCC1CCC(CNC(=O)c2ccccc2)CC1OC. The number of hydrogen-bond acceptors (Lipinski definition) is 3. The Bertz CT molecular complexity index is 565. The molecule has 1 aliphatic rings. The second-order valence-corrected chi connectivity index (χ2v) is 6.93. The molecule has 3 atom stereocenters. The van der Waals surface area contributed by atoms with Crippen LogP contribution in [0, 0.1) is 11.8 Å². The van der Waals surface area contributed by atoms with Crippen molar-refractivity contribution in [3.8, 4) is 0 Å². The fourth-order valence-corrected chi connectivity index (χ4v) is 3.44. The molecule has 0 aliphatic heterocycles. The number of amides is 3. The molecule has 144 valence electrons. The molecular weight excluding hydrogens is 330 g/mol. The number of carbonyl (C=O) groups excluding carboxylic acids is 2. The molecule has 6 nitrogen and oxygen atoms in total. The van der Waals surface area contributed by atoms with E-state index in [1.165, 1.54) is 0 Å². The van der Waals surface area contributed by atoms with E-state index >= 15 is 0 Å². The van der Waals surface area contributed by atoms with Crippen LogP contribution >= 0.6 is 0 Å². The van der Waals surface area contributed by atoms with Gasteiger partial charge in [0.05, 0.1) is 6.10 Å². The maximum atomic E-state index is 12.2. The van der Waals surface area contributed by atoms with Crippen molar-refractivity contribution in [1.82, 2.24) is 16.0 Å². The van der Waals surface area contributed by atoms with Gasteiger partial charge in [-0.3, -0.25) is 4.79 Å². The molecule has 3 amide bonds. The van der Waals surface area contributed by atoms with Crippen LogP contribution in [-0.2, 0) is 4.74 Å². The van der Waals surface area contributed by atoms with Crippen LogP contribution in [0.15, 0.2) is 30.3 Å². The topological polar surface area (TPSA) is 79.5 Å². The number of methoxy groups -OCH3 is 1. The zero-order valence-electron chi connectivity index (χ0n) is 15.8. The molecule has 0 heterocycles. The summed E-state index contributed by atoms with van der Waals surface area (Å²) in [6, 6.07) is 9.16. The molecule has 1 aliphatic carbocycles. The third-order valence-corrected chi connectivity index (χ3v) is 4.99. The Kier molecular flexibility index (Phi) is 8.41. The molecule has 0 saturated heterocycles. The van der Waals surface area contributed by atoms with Gasteiger partial charge < -0.3 is 20.7 Å². The lowest BCUT2D eigenvalue weighted by atomic mass is 9.79. The van der Waals surface area contributed by atoms with Crippen molar-refractivity contribution in [2.24, 2.45) is 11.8 Å². The van der Waals surface area contributed by atoms with Crippen LogP contribution in [0.1, 0.15) is 43.0 Å². The van der Waals surface area contributed by atoms with Crippen molar-refractivity contribution in [3.05, 3.63) is 35.9 Å². The zero-order valence-corrected chi connectivity index (χ0v) is 15.8. The standard InChI is InChI=1S/C20H31N3O3/c1-3-11-21-20(25)23-14-17-10-9-15(12-18(17)26-2)13-22-19(24)16-7-5-4-6-8-16/h4-8,15,17-18H,3,9-14H2,1-2H3,(H,22,24)(H2,21,23,25). The minimum atomic E-state index is -0.112. The highest BCUT2D eigenvalue weighted by Gasteiger charge is 2.31. The maximum Gasteiger partial charge on any atom is 0.314 e. The van der Waals surface area contributed by atoms with E-state index in [1.807, 2.05) is 37.3 Å². The van der Waals surface area contributed by atoms with Crippen molar-refractivity contribution in [2.75, 3.05) is 26.7 Å². The molecule has 0 spiro atoms. The molecule has 1 saturated carbocycles. The first-order valence-electron chi connectivity index (χ1n) is 9.51. The number of hydrogen-bond donors (Lipinski definition) is 3. The predicted molar refractivity (Wildman–Crippen MR) is 102 cm³/mol. The van der Waals surface area contributed by atoms with Gasteiger partial charge >= 0.3 is 6.03 Å². The number of rotatable bonds is 8. The van der Waals surface area contributed by atoms with E-state index in [4.69, 9.17) is 4.74 Å². The first kappa shape index (κ1) is 20.2. The van der Waals surface area contributed by atoms with Gasteiger partial charge in [-0.05, 0) is 43.7 Å². The largest absolute Gasteiger partial charge is 0.381 e. The maximum absolute atomic E-state index is 12.2. The molecule has 3 unspecified atom stereocenters. The summed E-state index contributed by atoms with van der Waals surface area (Å²) in [5, 5.41) is 8.79. The molecule has 6 heteroatoms. The number of carbonyl (C=O) groups is 2. The van der Waals surface area contributed by atoms with E-state index in [0.29, 0.717) is 37.0 Å². The van der Waals surface area contributed by atoms with Crippen LogP contribution in [0.25, 0.3) is 0 Å². The van der Waals surface area contributed by atoms with Crippen LogP contribution in [0.5, 0.6) is 0 Å². The van der Waals surface area contributed by atoms with Crippen LogP contribution in [0.4, 0.5) is 4.79 Å². The lowest BCUT2D eigenvalue weighted by Gasteiger charge is -2.35. The quantitative estimate of drug-likeness (QED) is 0.666. The van der Waals surface area contributed by atoms with Crippen LogP contribution in [0.3, 0.4) is 0 Å². The van der Waals surface area contributed by atoms with Gasteiger partial charge in [0.25, 0.3) is 5.91 Å². The summed E-state index contributed by atoms with van der Waals surface area (Å²) in [7, 11) is 1.72. The van der Waals surface area contributed by atoms with Crippen molar-refractivity contribution in [1.29, 1.82) is 0 Å². The third-order valence-electron chi connectivity index (χ3n) is 4.99. The Balaban J connectivity index is 1.74. The van der Waals surface area contributed by atoms with E-state index in [-0.39, 0.29) is 18.0 Å². The molecule has 2 rings (SSSR count). The van der Waals surface area contributed by atoms with Gasteiger partial charge in [0.1, 0.15) is 0 Å². The van der Waals surface area contributed by atoms with E-state index < -0.39 is 0 Å². The molecule has 1 fully saturated rings. The summed E-state index contributed by atoms with van der Waals surface area (Å²) in [6.45, 7) is 3.99. The Hall–Kier alpha value is -2.08. The molecule has 1 aromatic rings. The summed E-state index contributed by atoms with van der Waals surface area (Å²) < 4.78 is 5.65. The average Bonchev–Trinajstić information content (AvgIpc) is 2.69. The van der Waals surface area contributed by atoms with Crippen molar-refractivity contribution in [2.45, 2.75) is 38.7 Å². The third kappa shape index (κ3) is 6.33. The Morgan fingerprint density at radius 1 is 1.08 bits per heavy atom. The highest BCUT2D eigenvalue weighted by Crippen LogP contribution is 2.30. The smallest absolute Gasteiger partial charge is 0.314 e. The minimum Gasteiger partial charge on any atom is -0.381 e. The van der Waals surface area contributed by atoms with Crippen molar-refractivity contribution < 1.29 is 14.3 Å². The molecule has 0 aromatic heterocycles. The first-order chi connectivity index (χ1) is 12.6. The van der Waals surface area contributed by atoms with E-state index in [2.05, 4.69) is 16.0 Å². The Morgan fingerprint density at radius 3 is 2.54 bits per heavy atom.